The number of oxime groups is 1. The summed E-state index contributed by atoms with van der Waals surface area (Å²) in [6, 6.07) is 15.0. The first-order chi connectivity index (χ1) is 12.1. The van der Waals surface area contributed by atoms with Crippen LogP contribution >= 0.6 is 0 Å². The number of hydrogen-bond donors (Lipinski definition) is 1. The molecule has 25 heavy (non-hydrogen) atoms. The molecule has 0 aliphatic carbocycles. The van der Waals surface area contributed by atoms with Crippen molar-refractivity contribution >= 4 is 12.1 Å². The predicted molar refractivity (Wildman–Crippen MR) is 96.0 cm³/mol. The Morgan fingerprint density at radius 1 is 1.12 bits per heavy atom. The van der Waals surface area contributed by atoms with Crippen LogP contribution < -0.4 is 14.8 Å². The van der Waals surface area contributed by atoms with Crippen LogP contribution in [0.15, 0.2) is 53.7 Å². The highest BCUT2D eigenvalue weighted by Crippen LogP contribution is 2.26. The molecule has 2 rings (SSSR count). The number of methoxy groups -OCH3 is 2. The number of carbonyl (C=O) groups is 1. The zero-order valence-electron chi connectivity index (χ0n) is 14.6. The van der Waals surface area contributed by atoms with Gasteiger partial charge in [0.15, 0.2) is 11.5 Å². The summed E-state index contributed by atoms with van der Waals surface area (Å²) in [5.41, 5.74) is 1.80. The highest BCUT2D eigenvalue weighted by Gasteiger charge is 2.13. The molecule has 0 saturated carbocycles. The molecule has 6 nitrogen and oxygen atoms in total. The van der Waals surface area contributed by atoms with E-state index in [1.165, 1.54) is 6.21 Å². The van der Waals surface area contributed by atoms with E-state index in [1.54, 1.807) is 33.3 Å². The molecule has 0 aliphatic rings. The Kier molecular flexibility index (Phi) is 6.83. The molecule has 0 heterocycles. The van der Waals surface area contributed by atoms with E-state index < -0.39 is 6.10 Å². The Morgan fingerprint density at radius 3 is 2.52 bits per heavy atom. The first kappa shape index (κ1) is 18.3. The fourth-order valence-corrected chi connectivity index (χ4v) is 2.09. The Balaban J connectivity index is 1.85. The van der Waals surface area contributed by atoms with Crippen LogP contribution in [0.4, 0.5) is 0 Å². The first-order valence-electron chi connectivity index (χ1n) is 7.87. The molecular weight excluding hydrogens is 320 g/mol. The summed E-state index contributed by atoms with van der Waals surface area (Å²) in [5, 5.41) is 6.67. The van der Waals surface area contributed by atoms with Crippen LogP contribution in [0.5, 0.6) is 11.5 Å². The molecule has 0 bridgehead atoms. The molecule has 6 heteroatoms. The van der Waals surface area contributed by atoms with E-state index in [4.69, 9.17) is 14.3 Å². The smallest absolute Gasteiger partial charge is 0.263 e. The van der Waals surface area contributed by atoms with Crippen molar-refractivity contribution in [1.29, 1.82) is 0 Å². The molecule has 1 N–H and O–H groups in total. The molecule has 0 saturated heterocycles. The van der Waals surface area contributed by atoms with Gasteiger partial charge in [-0.25, -0.2) is 0 Å². The van der Waals surface area contributed by atoms with Crippen LogP contribution in [0.3, 0.4) is 0 Å². The maximum atomic E-state index is 12.0. The van der Waals surface area contributed by atoms with Crippen LogP contribution in [-0.4, -0.2) is 32.4 Å². The van der Waals surface area contributed by atoms with Gasteiger partial charge in [-0.05, 0) is 30.7 Å². The normalized spacial score (nSPS) is 11.8. The number of benzene rings is 2. The molecule has 1 amide bonds. The lowest BCUT2D eigenvalue weighted by molar-refractivity contribution is -0.131. The molecule has 0 aliphatic heterocycles. The van der Waals surface area contributed by atoms with E-state index in [0.717, 1.165) is 11.1 Å². The van der Waals surface area contributed by atoms with Crippen molar-refractivity contribution < 1.29 is 19.1 Å². The van der Waals surface area contributed by atoms with Gasteiger partial charge in [-0.2, -0.15) is 0 Å². The summed E-state index contributed by atoms with van der Waals surface area (Å²) in [6.07, 6.45) is 0.822. The fourth-order valence-electron chi connectivity index (χ4n) is 2.09. The molecule has 1 atom stereocenters. The lowest BCUT2D eigenvalue weighted by Gasteiger charge is -2.10. The Labute approximate surface area is 147 Å². The molecule has 0 unspecified atom stereocenters. The van der Waals surface area contributed by atoms with Crippen molar-refractivity contribution in [2.75, 3.05) is 14.2 Å². The van der Waals surface area contributed by atoms with Crippen LogP contribution in [0.1, 0.15) is 18.1 Å². The standard InChI is InChI=1S/C19H22N2O4/c1-14(19(22)20-12-15-7-5-4-6-8-15)25-21-13-16-9-10-17(23-2)18(11-16)24-3/h4-11,13-14H,12H2,1-3H3,(H,20,22)/b21-13-/t14-/m1/s1. The van der Waals surface area contributed by atoms with Crippen molar-refractivity contribution in [2.24, 2.45) is 5.16 Å². The molecule has 0 radical (unpaired) electrons. The Morgan fingerprint density at radius 2 is 1.84 bits per heavy atom. The predicted octanol–water partition coefficient (Wildman–Crippen LogP) is 2.76. The van der Waals surface area contributed by atoms with Crippen LogP contribution in [0.25, 0.3) is 0 Å². The van der Waals surface area contributed by atoms with Crippen LogP contribution in [-0.2, 0) is 16.2 Å². The first-order valence-corrected chi connectivity index (χ1v) is 7.87. The molecule has 2 aromatic carbocycles. The minimum atomic E-state index is -0.694. The number of nitrogens with one attached hydrogen (secondary N) is 1. The number of rotatable bonds is 8. The van der Waals surface area contributed by atoms with E-state index >= 15 is 0 Å². The molecular formula is C19H22N2O4. The summed E-state index contributed by atoms with van der Waals surface area (Å²) < 4.78 is 10.4. The van der Waals surface area contributed by atoms with Gasteiger partial charge in [0.25, 0.3) is 5.91 Å². The van der Waals surface area contributed by atoms with Gasteiger partial charge < -0.3 is 19.6 Å². The summed E-state index contributed by atoms with van der Waals surface area (Å²) in [6.45, 7) is 2.10. The van der Waals surface area contributed by atoms with E-state index in [1.807, 2.05) is 36.4 Å². The Hall–Kier alpha value is -3.02. The molecule has 2 aromatic rings. The van der Waals surface area contributed by atoms with E-state index in [-0.39, 0.29) is 5.91 Å². The van der Waals surface area contributed by atoms with Crippen molar-refractivity contribution in [3.63, 3.8) is 0 Å². The van der Waals surface area contributed by atoms with Gasteiger partial charge >= 0.3 is 0 Å². The summed E-state index contributed by atoms with van der Waals surface area (Å²) in [5.74, 6) is 1.00. The van der Waals surface area contributed by atoms with E-state index in [0.29, 0.717) is 18.0 Å². The molecule has 132 valence electrons. The monoisotopic (exact) mass is 342 g/mol. The lowest BCUT2D eigenvalue weighted by atomic mass is 10.2. The minimum absolute atomic E-state index is 0.228. The average molecular weight is 342 g/mol. The van der Waals surface area contributed by atoms with Crippen molar-refractivity contribution in [2.45, 2.75) is 19.6 Å². The topological polar surface area (TPSA) is 69.2 Å². The number of hydrogen-bond acceptors (Lipinski definition) is 5. The largest absolute Gasteiger partial charge is 0.493 e. The van der Waals surface area contributed by atoms with Gasteiger partial charge in [0.05, 0.1) is 20.4 Å². The number of carbonyl (C=O) groups excluding carboxylic acids is 1. The SMILES string of the molecule is COc1ccc(/C=N\O[C@H](C)C(=O)NCc2ccccc2)cc1OC. The maximum absolute atomic E-state index is 12.0. The molecule has 0 spiro atoms. The third kappa shape index (κ3) is 5.53. The van der Waals surface area contributed by atoms with Crippen LogP contribution in [0, 0.1) is 0 Å². The van der Waals surface area contributed by atoms with Gasteiger partial charge in [-0.3, -0.25) is 4.79 Å². The van der Waals surface area contributed by atoms with Crippen LogP contribution in [0.2, 0.25) is 0 Å². The number of ether oxygens (including phenoxy) is 2. The second-order valence-corrected chi connectivity index (χ2v) is 5.30. The summed E-state index contributed by atoms with van der Waals surface area (Å²) >= 11 is 0. The van der Waals surface area contributed by atoms with Crippen molar-refractivity contribution in [1.82, 2.24) is 5.32 Å². The third-order valence-electron chi connectivity index (χ3n) is 3.51. The molecule has 0 aromatic heterocycles. The van der Waals surface area contributed by atoms with Crippen molar-refractivity contribution in [3.8, 4) is 11.5 Å². The van der Waals surface area contributed by atoms with E-state index in [9.17, 15) is 4.79 Å². The quantitative estimate of drug-likeness (QED) is 0.592. The van der Waals surface area contributed by atoms with Gasteiger partial charge in [-0.15, -0.1) is 0 Å². The van der Waals surface area contributed by atoms with Gasteiger partial charge in [0, 0.05) is 12.1 Å². The summed E-state index contributed by atoms with van der Waals surface area (Å²) in [4.78, 5) is 17.2. The molecule has 0 fully saturated rings. The zero-order valence-corrected chi connectivity index (χ0v) is 14.6. The highest BCUT2D eigenvalue weighted by atomic mass is 16.6. The number of amides is 1. The zero-order chi connectivity index (χ0) is 18.1. The van der Waals surface area contributed by atoms with E-state index in [2.05, 4.69) is 10.5 Å². The fraction of sp³-hybridized carbons (Fsp3) is 0.263. The highest BCUT2D eigenvalue weighted by molar-refractivity contribution is 5.82. The number of nitrogens with zero attached hydrogens (tertiary/aromatic N) is 1. The van der Waals surface area contributed by atoms with Gasteiger partial charge in [0.2, 0.25) is 6.10 Å². The Bertz CT molecular complexity index is 717. The second-order valence-electron chi connectivity index (χ2n) is 5.30. The third-order valence-corrected chi connectivity index (χ3v) is 3.51. The summed E-state index contributed by atoms with van der Waals surface area (Å²) in [7, 11) is 3.14. The van der Waals surface area contributed by atoms with Gasteiger partial charge in [0.1, 0.15) is 0 Å². The second kappa shape index (κ2) is 9.32. The maximum Gasteiger partial charge on any atom is 0.263 e. The van der Waals surface area contributed by atoms with Crippen molar-refractivity contribution in [3.05, 3.63) is 59.7 Å². The average Bonchev–Trinajstić information content (AvgIpc) is 2.66. The lowest BCUT2D eigenvalue weighted by Crippen LogP contribution is -2.33. The van der Waals surface area contributed by atoms with Gasteiger partial charge in [-0.1, -0.05) is 35.5 Å². The minimum Gasteiger partial charge on any atom is -0.493 e.